The normalized spacial score (nSPS) is 10.7. The van der Waals surface area contributed by atoms with Gasteiger partial charge in [-0.15, -0.1) is 5.10 Å². The summed E-state index contributed by atoms with van der Waals surface area (Å²) in [6.45, 7) is 6.87. The lowest BCUT2D eigenvalue weighted by Crippen LogP contribution is -2.13. The standard InChI is InChI=1S/C12H24N4O/c1-3-5-6-7-9-14-12-16-15-11(17-12)10-13-8-4-2/h13H,3-10H2,1-2H3,(H,14,16). The first-order chi connectivity index (χ1) is 8.36. The summed E-state index contributed by atoms with van der Waals surface area (Å²) >= 11 is 0. The minimum Gasteiger partial charge on any atom is -0.407 e. The van der Waals surface area contributed by atoms with Gasteiger partial charge >= 0.3 is 6.01 Å². The van der Waals surface area contributed by atoms with Gasteiger partial charge in [-0.2, -0.15) is 0 Å². The average Bonchev–Trinajstić information content (AvgIpc) is 2.77. The minimum absolute atomic E-state index is 0.537. The van der Waals surface area contributed by atoms with Crippen LogP contribution in [0.5, 0.6) is 0 Å². The number of nitrogens with one attached hydrogen (secondary N) is 2. The van der Waals surface area contributed by atoms with Gasteiger partial charge < -0.3 is 15.1 Å². The fourth-order valence-corrected chi connectivity index (χ4v) is 1.52. The maximum Gasteiger partial charge on any atom is 0.315 e. The first-order valence-electron chi connectivity index (χ1n) is 6.63. The Morgan fingerprint density at radius 3 is 2.65 bits per heavy atom. The lowest BCUT2D eigenvalue weighted by Gasteiger charge is -2.00. The highest BCUT2D eigenvalue weighted by Crippen LogP contribution is 2.06. The maximum absolute atomic E-state index is 5.44. The van der Waals surface area contributed by atoms with Crippen LogP contribution >= 0.6 is 0 Å². The third-order valence-corrected chi connectivity index (χ3v) is 2.48. The van der Waals surface area contributed by atoms with Crippen LogP contribution in [-0.4, -0.2) is 23.3 Å². The van der Waals surface area contributed by atoms with Crippen molar-refractivity contribution in [1.82, 2.24) is 15.5 Å². The van der Waals surface area contributed by atoms with Crippen LogP contribution in [-0.2, 0) is 6.54 Å². The number of unbranched alkanes of at least 4 members (excludes halogenated alkanes) is 3. The van der Waals surface area contributed by atoms with Gasteiger partial charge in [-0.3, -0.25) is 0 Å². The number of aromatic nitrogens is 2. The molecule has 0 saturated heterocycles. The van der Waals surface area contributed by atoms with Crippen LogP contribution in [0.25, 0.3) is 0 Å². The molecule has 0 aromatic carbocycles. The predicted molar refractivity (Wildman–Crippen MR) is 68.9 cm³/mol. The van der Waals surface area contributed by atoms with Crippen LogP contribution in [0.1, 0.15) is 51.8 Å². The second kappa shape index (κ2) is 8.98. The third kappa shape index (κ3) is 6.26. The van der Waals surface area contributed by atoms with Gasteiger partial charge in [0.1, 0.15) is 0 Å². The summed E-state index contributed by atoms with van der Waals surface area (Å²) in [4.78, 5) is 0. The lowest BCUT2D eigenvalue weighted by atomic mass is 10.2. The molecule has 0 aliphatic heterocycles. The summed E-state index contributed by atoms with van der Waals surface area (Å²) < 4.78 is 5.44. The van der Waals surface area contributed by atoms with Crippen molar-refractivity contribution in [3.63, 3.8) is 0 Å². The SMILES string of the molecule is CCCCCCNc1nnc(CNCCC)o1. The Bertz CT molecular complexity index is 288. The maximum atomic E-state index is 5.44. The van der Waals surface area contributed by atoms with E-state index in [1.165, 1.54) is 19.3 Å². The number of anilines is 1. The van der Waals surface area contributed by atoms with E-state index in [1.54, 1.807) is 0 Å². The number of hydrogen-bond acceptors (Lipinski definition) is 5. The van der Waals surface area contributed by atoms with Crippen molar-refractivity contribution >= 4 is 6.01 Å². The molecule has 0 bridgehead atoms. The molecule has 0 spiro atoms. The summed E-state index contributed by atoms with van der Waals surface area (Å²) in [7, 11) is 0. The van der Waals surface area contributed by atoms with Crippen molar-refractivity contribution in [2.45, 2.75) is 52.5 Å². The molecule has 1 rings (SSSR count). The van der Waals surface area contributed by atoms with Crippen molar-refractivity contribution in [3.05, 3.63) is 5.89 Å². The van der Waals surface area contributed by atoms with Crippen LogP contribution in [0.2, 0.25) is 0 Å². The van der Waals surface area contributed by atoms with E-state index in [-0.39, 0.29) is 0 Å². The second-order valence-corrected chi connectivity index (χ2v) is 4.17. The Morgan fingerprint density at radius 2 is 1.88 bits per heavy atom. The summed E-state index contributed by atoms with van der Waals surface area (Å²) in [5.74, 6) is 0.648. The third-order valence-electron chi connectivity index (χ3n) is 2.48. The number of rotatable bonds is 10. The van der Waals surface area contributed by atoms with Crippen LogP contribution in [0.4, 0.5) is 6.01 Å². The smallest absolute Gasteiger partial charge is 0.315 e. The molecule has 0 unspecified atom stereocenters. The van der Waals surface area contributed by atoms with Crippen LogP contribution < -0.4 is 10.6 Å². The van der Waals surface area contributed by atoms with Crippen molar-refractivity contribution in [1.29, 1.82) is 0 Å². The van der Waals surface area contributed by atoms with E-state index in [9.17, 15) is 0 Å². The van der Waals surface area contributed by atoms with Crippen LogP contribution in [0.15, 0.2) is 4.42 Å². The van der Waals surface area contributed by atoms with Crippen molar-refractivity contribution in [2.75, 3.05) is 18.4 Å². The first kappa shape index (κ1) is 14.0. The van der Waals surface area contributed by atoms with E-state index in [4.69, 9.17) is 4.42 Å². The van der Waals surface area contributed by atoms with Gasteiger partial charge in [0.2, 0.25) is 5.89 Å². The average molecular weight is 240 g/mol. The highest BCUT2D eigenvalue weighted by molar-refractivity contribution is 5.16. The topological polar surface area (TPSA) is 63.0 Å². The zero-order valence-electron chi connectivity index (χ0n) is 11.0. The molecule has 98 valence electrons. The summed E-state index contributed by atoms with van der Waals surface area (Å²) in [5, 5.41) is 14.3. The molecule has 1 heterocycles. The molecule has 2 N–H and O–H groups in total. The Morgan fingerprint density at radius 1 is 1.00 bits per heavy atom. The molecule has 0 radical (unpaired) electrons. The Kier molecular flexibility index (Phi) is 7.38. The summed E-state index contributed by atoms with van der Waals surface area (Å²) in [6, 6.07) is 0.537. The van der Waals surface area contributed by atoms with Crippen LogP contribution in [0.3, 0.4) is 0 Å². The van der Waals surface area contributed by atoms with Crippen molar-refractivity contribution in [2.24, 2.45) is 0 Å². The fourth-order valence-electron chi connectivity index (χ4n) is 1.52. The molecule has 5 heteroatoms. The zero-order chi connectivity index (χ0) is 12.3. The van der Waals surface area contributed by atoms with Crippen LogP contribution in [0, 0.1) is 0 Å². The minimum atomic E-state index is 0.537. The first-order valence-corrected chi connectivity index (χ1v) is 6.63. The van der Waals surface area contributed by atoms with Crippen molar-refractivity contribution < 1.29 is 4.42 Å². The van der Waals surface area contributed by atoms with Crippen molar-refractivity contribution in [3.8, 4) is 0 Å². The Balaban J connectivity index is 2.12. The van der Waals surface area contributed by atoms with E-state index < -0.39 is 0 Å². The number of hydrogen-bond donors (Lipinski definition) is 2. The van der Waals surface area contributed by atoms with Gasteiger partial charge in [0.15, 0.2) is 0 Å². The molecule has 0 atom stereocenters. The van der Waals surface area contributed by atoms with Gasteiger partial charge in [-0.25, -0.2) is 0 Å². The van der Waals surface area contributed by atoms with Gasteiger partial charge in [-0.05, 0) is 19.4 Å². The fraction of sp³-hybridized carbons (Fsp3) is 0.833. The molecule has 0 saturated carbocycles. The molecule has 0 fully saturated rings. The predicted octanol–water partition coefficient (Wildman–Crippen LogP) is 2.56. The second-order valence-electron chi connectivity index (χ2n) is 4.17. The van der Waals surface area contributed by atoms with Gasteiger partial charge in [-0.1, -0.05) is 38.2 Å². The van der Waals surface area contributed by atoms with Gasteiger partial charge in [0, 0.05) is 6.54 Å². The van der Waals surface area contributed by atoms with E-state index in [0.717, 1.165) is 25.9 Å². The van der Waals surface area contributed by atoms with E-state index in [1.807, 2.05) is 0 Å². The summed E-state index contributed by atoms with van der Waals surface area (Å²) in [5.41, 5.74) is 0. The zero-order valence-corrected chi connectivity index (χ0v) is 11.0. The molecule has 1 aromatic heterocycles. The number of nitrogens with zero attached hydrogens (tertiary/aromatic N) is 2. The molecule has 5 nitrogen and oxygen atoms in total. The molecule has 0 amide bonds. The quantitative estimate of drug-likeness (QED) is 0.615. The molecular formula is C12H24N4O. The van der Waals surface area contributed by atoms with E-state index >= 15 is 0 Å². The lowest BCUT2D eigenvalue weighted by molar-refractivity contribution is 0.476. The molecule has 0 aliphatic carbocycles. The molecule has 0 aliphatic rings. The molecule has 1 aromatic rings. The van der Waals surface area contributed by atoms with Gasteiger partial charge in [0.05, 0.1) is 6.54 Å². The molecule has 17 heavy (non-hydrogen) atoms. The highest BCUT2D eigenvalue weighted by atomic mass is 16.4. The molecular weight excluding hydrogens is 216 g/mol. The Hall–Kier alpha value is -1.10. The van der Waals surface area contributed by atoms with E-state index in [2.05, 4.69) is 34.7 Å². The summed E-state index contributed by atoms with van der Waals surface area (Å²) in [6.07, 6.45) is 6.06. The highest BCUT2D eigenvalue weighted by Gasteiger charge is 2.03. The van der Waals surface area contributed by atoms with E-state index in [0.29, 0.717) is 18.5 Å². The largest absolute Gasteiger partial charge is 0.407 e. The monoisotopic (exact) mass is 240 g/mol. The Labute approximate surface area is 103 Å². The van der Waals surface area contributed by atoms with Gasteiger partial charge in [0.25, 0.3) is 0 Å².